The van der Waals surface area contributed by atoms with E-state index in [9.17, 15) is 0 Å². The molecule has 1 aromatic heterocycles. The predicted octanol–water partition coefficient (Wildman–Crippen LogP) is 4.10. The largest absolute Gasteiger partial charge is 0.497 e. The minimum atomic E-state index is 0.143. The molecule has 0 atom stereocenters. The van der Waals surface area contributed by atoms with Gasteiger partial charge in [-0.25, -0.2) is 0 Å². The Morgan fingerprint density at radius 1 is 0.808 bits per heavy atom. The van der Waals surface area contributed by atoms with Gasteiger partial charge in [0.1, 0.15) is 5.75 Å². The van der Waals surface area contributed by atoms with Crippen LogP contribution in [0.5, 0.6) is 28.7 Å². The van der Waals surface area contributed by atoms with Gasteiger partial charge in [-0.2, -0.15) is 0 Å². The van der Waals surface area contributed by atoms with Gasteiger partial charge in [0.25, 0.3) is 0 Å². The summed E-state index contributed by atoms with van der Waals surface area (Å²) in [5.41, 5.74) is 3.93. The molecule has 26 heavy (non-hydrogen) atoms. The molecule has 134 valence electrons. The van der Waals surface area contributed by atoms with Gasteiger partial charge in [-0.05, 0) is 23.8 Å². The summed E-state index contributed by atoms with van der Waals surface area (Å²) < 4.78 is 27.5. The molecule has 1 aliphatic heterocycles. The van der Waals surface area contributed by atoms with Gasteiger partial charge in [0.2, 0.25) is 18.3 Å². The Labute approximate surface area is 151 Å². The first-order chi connectivity index (χ1) is 12.8. The van der Waals surface area contributed by atoms with E-state index in [0.29, 0.717) is 23.0 Å². The molecule has 3 aromatic rings. The summed E-state index contributed by atoms with van der Waals surface area (Å²) in [6.45, 7) is 0.143. The molecule has 0 amide bonds. The highest BCUT2D eigenvalue weighted by Gasteiger charge is 2.28. The normalized spacial score (nSPS) is 12.1. The van der Waals surface area contributed by atoms with E-state index in [1.54, 1.807) is 21.3 Å². The number of H-pyrrole nitrogens is 1. The smallest absolute Gasteiger partial charge is 0.231 e. The van der Waals surface area contributed by atoms with Gasteiger partial charge in [-0.15, -0.1) is 0 Å². The predicted molar refractivity (Wildman–Crippen MR) is 97.4 cm³/mol. The summed E-state index contributed by atoms with van der Waals surface area (Å²) in [5.74, 6) is 3.16. The average molecular weight is 353 g/mol. The van der Waals surface area contributed by atoms with Crippen LogP contribution in [-0.4, -0.2) is 33.1 Å². The highest BCUT2D eigenvalue weighted by Crippen LogP contribution is 2.53. The Bertz CT molecular complexity index is 930. The Morgan fingerprint density at radius 3 is 2.23 bits per heavy atom. The number of aromatic amines is 1. The lowest BCUT2D eigenvalue weighted by Crippen LogP contribution is -1.94. The molecule has 0 spiro atoms. The van der Waals surface area contributed by atoms with Crippen LogP contribution in [0, 0.1) is 0 Å². The van der Waals surface area contributed by atoms with Crippen LogP contribution in [0.4, 0.5) is 0 Å². The molecule has 0 unspecified atom stereocenters. The van der Waals surface area contributed by atoms with Crippen molar-refractivity contribution in [2.24, 2.45) is 0 Å². The first kappa shape index (κ1) is 16.2. The minimum Gasteiger partial charge on any atom is -0.497 e. The number of fused-ring (bicyclic) bond motifs is 1. The van der Waals surface area contributed by atoms with Crippen molar-refractivity contribution in [1.29, 1.82) is 0 Å². The highest BCUT2D eigenvalue weighted by atomic mass is 16.7. The molecule has 6 heteroatoms. The lowest BCUT2D eigenvalue weighted by Gasteiger charge is -2.14. The van der Waals surface area contributed by atoms with Crippen molar-refractivity contribution >= 4 is 0 Å². The number of methoxy groups -OCH3 is 3. The van der Waals surface area contributed by atoms with Crippen LogP contribution in [-0.2, 0) is 0 Å². The SMILES string of the molecule is COc1ccc(-c2c[nH]cc2-c2cc(OC)c3c(c2OC)OCO3)cc1. The Hall–Kier alpha value is -3.28. The van der Waals surface area contributed by atoms with Gasteiger partial charge in [0.15, 0.2) is 11.5 Å². The second-order valence-corrected chi connectivity index (χ2v) is 5.74. The summed E-state index contributed by atoms with van der Waals surface area (Å²) in [5, 5.41) is 0. The molecule has 1 N–H and O–H groups in total. The second-order valence-electron chi connectivity index (χ2n) is 5.74. The van der Waals surface area contributed by atoms with Crippen LogP contribution in [0.15, 0.2) is 42.7 Å². The molecule has 0 aliphatic carbocycles. The summed E-state index contributed by atoms with van der Waals surface area (Å²) >= 11 is 0. The van der Waals surface area contributed by atoms with Crippen LogP contribution < -0.4 is 23.7 Å². The summed E-state index contributed by atoms with van der Waals surface area (Å²) in [4.78, 5) is 3.18. The molecular formula is C20H19NO5. The third-order valence-corrected chi connectivity index (χ3v) is 4.42. The Morgan fingerprint density at radius 2 is 1.54 bits per heavy atom. The van der Waals surface area contributed by atoms with Gasteiger partial charge in [-0.1, -0.05) is 12.1 Å². The molecule has 0 fully saturated rings. The van der Waals surface area contributed by atoms with Gasteiger partial charge >= 0.3 is 0 Å². The van der Waals surface area contributed by atoms with E-state index in [2.05, 4.69) is 4.98 Å². The third kappa shape index (κ3) is 2.50. The van der Waals surface area contributed by atoms with E-state index >= 15 is 0 Å². The average Bonchev–Trinajstić information content (AvgIpc) is 3.36. The lowest BCUT2D eigenvalue weighted by molar-refractivity contribution is 0.168. The molecule has 2 aromatic carbocycles. The number of benzene rings is 2. The lowest BCUT2D eigenvalue weighted by atomic mass is 9.97. The summed E-state index contributed by atoms with van der Waals surface area (Å²) in [6.07, 6.45) is 3.88. The van der Waals surface area contributed by atoms with E-state index in [1.165, 1.54) is 0 Å². The number of ether oxygens (including phenoxy) is 5. The quantitative estimate of drug-likeness (QED) is 0.748. The fraction of sp³-hybridized carbons (Fsp3) is 0.200. The van der Waals surface area contributed by atoms with Crippen LogP contribution in [0.2, 0.25) is 0 Å². The summed E-state index contributed by atoms with van der Waals surface area (Å²) in [7, 11) is 4.88. The van der Waals surface area contributed by atoms with Crippen molar-refractivity contribution in [2.75, 3.05) is 28.1 Å². The van der Waals surface area contributed by atoms with Gasteiger partial charge in [0, 0.05) is 29.1 Å². The molecule has 2 heterocycles. The topological polar surface area (TPSA) is 61.9 Å². The van der Waals surface area contributed by atoms with Crippen molar-refractivity contribution in [3.05, 3.63) is 42.7 Å². The molecule has 0 saturated carbocycles. The monoisotopic (exact) mass is 353 g/mol. The van der Waals surface area contributed by atoms with Crippen LogP contribution in [0.3, 0.4) is 0 Å². The number of hydrogen-bond acceptors (Lipinski definition) is 5. The van der Waals surface area contributed by atoms with E-state index in [-0.39, 0.29) is 6.79 Å². The fourth-order valence-corrected chi connectivity index (χ4v) is 3.17. The molecule has 4 rings (SSSR count). The van der Waals surface area contributed by atoms with Crippen molar-refractivity contribution in [1.82, 2.24) is 4.98 Å². The second kappa shape index (κ2) is 6.55. The maximum Gasteiger partial charge on any atom is 0.231 e. The maximum absolute atomic E-state index is 5.64. The van der Waals surface area contributed by atoms with Crippen LogP contribution in [0.25, 0.3) is 22.3 Å². The fourth-order valence-electron chi connectivity index (χ4n) is 3.17. The van der Waals surface area contributed by atoms with E-state index in [1.807, 2.05) is 42.7 Å². The molecule has 6 nitrogen and oxygen atoms in total. The van der Waals surface area contributed by atoms with E-state index < -0.39 is 0 Å². The van der Waals surface area contributed by atoms with E-state index in [4.69, 9.17) is 23.7 Å². The molecule has 0 saturated heterocycles. The van der Waals surface area contributed by atoms with Crippen molar-refractivity contribution in [2.45, 2.75) is 0 Å². The maximum atomic E-state index is 5.64. The summed E-state index contributed by atoms with van der Waals surface area (Å²) in [6, 6.07) is 9.81. The first-order valence-corrected chi connectivity index (χ1v) is 8.13. The number of nitrogens with one attached hydrogen (secondary N) is 1. The van der Waals surface area contributed by atoms with Gasteiger partial charge in [-0.3, -0.25) is 0 Å². The van der Waals surface area contributed by atoms with E-state index in [0.717, 1.165) is 28.0 Å². The molecule has 0 bridgehead atoms. The molecular weight excluding hydrogens is 334 g/mol. The number of hydrogen-bond donors (Lipinski definition) is 1. The molecule has 0 radical (unpaired) electrons. The standard InChI is InChI=1S/C20H19NO5/c1-22-13-6-4-12(5-7-13)15-9-21-10-16(15)14-8-17(23-2)19-20(18(14)24-3)26-11-25-19/h4-10,21H,11H2,1-3H3. The van der Waals surface area contributed by atoms with Crippen molar-refractivity contribution in [3.63, 3.8) is 0 Å². The zero-order valence-corrected chi connectivity index (χ0v) is 14.8. The van der Waals surface area contributed by atoms with Crippen molar-refractivity contribution < 1.29 is 23.7 Å². The minimum absolute atomic E-state index is 0.143. The van der Waals surface area contributed by atoms with Gasteiger partial charge < -0.3 is 28.7 Å². The Balaban J connectivity index is 1.88. The number of rotatable bonds is 5. The highest BCUT2D eigenvalue weighted by molar-refractivity contribution is 5.89. The number of aromatic nitrogens is 1. The van der Waals surface area contributed by atoms with Crippen LogP contribution >= 0.6 is 0 Å². The molecule has 1 aliphatic rings. The van der Waals surface area contributed by atoms with Gasteiger partial charge in [0.05, 0.1) is 21.3 Å². The zero-order valence-electron chi connectivity index (χ0n) is 14.8. The zero-order chi connectivity index (χ0) is 18.1. The Kier molecular flexibility index (Phi) is 4.08. The van der Waals surface area contributed by atoms with Crippen molar-refractivity contribution in [3.8, 4) is 51.0 Å². The first-order valence-electron chi connectivity index (χ1n) is 8.13. The third-order valence-electron chi connectivity index (χ3n) is 4.42. The van der Waals surface area contributed by atoms with Crippen LogP contribution in [0.1, 0.15) is 0 Å².